The monoisotopic (exact) mass is 552 g/mol. The Balaban J connectivity index is 1.57. The Morgan fingerprint density at radius 2 is 1.51 bits per heavy atom. The van der Waals surface area contributed by atoms with Gasteiger partial charge in [-0.1, -0.05) is 51.0 Å². The molecule has 3 aromatic carbocycles. The first kappa shape index (κ1) is 28.0. The molecule has 2 aliphatic rings. The zero-order valence-electron chi connectivity index (χ0n) is 23.4. The highest BCUT2D eigenvalue weighted by atomic mass is 16.5. The van der Waals surface area contributed by atoms with Crippen molar-refractivity contribution in [1.82, 2.24) is 0 Å². The Hall–Kier alpha value is -4.52. The highest BCUT2D eigenvalue weighted by Crippen LogP contribution is 2.47. The van der Waals surface area contributed by atoms with Crippen LogP contribution >= 0.6 is 0 Å². The number of carbonyl (C=O) groups excluding carboxylic acids is 2. The van der Waals surface area contributed by atoms with Crippen molar-refractivity contribution in [2.75, 3.05) is 17.7 Å². The van der Waals surface area contributed by atoms with E-state index < -0.39 is 23.4 Å². The average molecular weight is 553 g/mol. The Bertz CT molecular complexity index is 1520. The number of aryl methyl sites for hydroxylation is 1. The number of hydrogen-bond donors (Lipinski definition) is 4. The number of phenolic OH excluding ortho intramolecular Hbond substituents is 1. The summed E-state index contributed by atoms with van der Waals surface area (Å²) in [5, 5.41) is 25.5. The summed E-state index contributed by atoms with van der Waals surface area (Å²) in [5.74, 6) is -3.02. The molecule has 0 unspecified atom stereocenters. The van der Waals surface area contributed by atoms with Crippen LogP contribution in [0.5, 0.6) is 11.5 Å². The van der Waals surface area contributed by atoms with Gasteiger partial charge >= 0.3 is 0 Å². The third kappa shape index (κ3) is 5.44. The number of allylic oxidation sites excluding steroid dienone is 4. The molecule has 2 atom stereocenters. The van der Waals surface area contributed by atoms with Gasteiger partial charge in [-0.15, -0.1) is 0 Å². The van der Waals surface area contributed by atoms with Crippen LogP contribution in [0.3, 0.4) is 0 Å². The number of benzene rings is 3. The lowest BCUT2D eigenvalue weighted by Crippen LogP contribution is -2.42. The standard InChI is InChI=1S/C34H36N2O5/c1-3-5-7-20-8-12-22(13-9-20)36-26-19-24(21-10-14-23(15-11-21)41-18-6-4-2)32(38)31-29(26)34(40)30-27(37)17-16-25(35)28(30)33(31)39/h8-17,19,29,31,36-38H,3-7,18,35H2,1-2H3/t29-,31+/m0/s1. The number of unbranched alkanes of at least 4 members (excludes halogenated alkanes) is 2. The summed E-state index contributed by atoms with van der Waals surface area (Å²) in [5.41, 5.74) is 9.57. The molecule has 2 aliphatic carbocycles. The van der Waals surface area contributed by atoms with Crippen molar-refractivity contribution in [2.45, 2.75) is 46.0 Å². The number of rotatable bonds is 10. The van der Waals surface area contributed by atoms with Crippen molar-refractivity contribution in [2.24, 2.45) is 11.8 Å². The van der Waals surface area contributed by atoms with Gasteiger partial charge < -0.3 is 26.0 Å². The maximum Gasteiger partial charge on any atom is 0.177 e. The summed E-state index contributed by atoms with van der Waals surface area (Å²) in [6.45, 7) is 4.87. The fourth-order valence-electron chi connectivity index (χ4n) is 5.54. The second-order valence-electron chi connectivity index (χ2n) is 10.7. The van der Waals surface area contributed by atoms with Gasteiger partial charge in [0.25, 0.3) is 0 Å². The lowest BCUT2D eigenvalue weighted by atomic mass is 9.67. The molecular weight excluding hydrogens is 516 g/mol. The summed E-state index contributed by atoms with van der Waals surface area (Å²) in [7, 11) is 0. The molecule has 7 nitrogen and oxygen atoms in total. The number of anilines is 2. The second kappa shape index (κ2) is 11.9. The van der Waals surface area contributed by atoms with Crippen molar-refractivity contribution in [3.8, 4) is 11.5 Å². The van der Waals surface area contributed by atoms with Crippen LogP contribution in [0.25, 0.3) is 5.57 Å². The van der Waals surface area contributed by atoms with Crippen LogP contribution in [0.4, 0.5) is 11.4 Å². The van der Waals surface area contributed by atoms with Crippen LogP contribution in [0, 0.1) is 11.8 Å². The number of hydrogen-bond acceptors (Lipinski definition) is 7. The number of phenols is 1. The van der Waals surface area contributed by atoms with E-state index >= 15 is 0 Å². The fourth-order valence-corrected chi connectivity index (χ4v) is 5.54. The average Bonchev–Trinajstić information content (AvgIpc) is 2.98. The van der Waals surface area contributed by atoms with Crippen molar-refractivity contribution in [1.29, 1.82) is 0 Å². The first-order valence-corrected chi connectivity index (χ1v) is 14.3. The molecule has 3 aromatic rings. The summed E-state index contributed by atoms with van der Waals surface area (Å²) < 4.78 is 5.79. The lowest BCUT2D eigenvalue weighted by Gasteiger charge is -2.36. The molecular formula is C34H36N2O5. The van der Waals surface area contributed by atoms with Gasteiger partial charge in [0.1, 0.15) is 17.3 Å². The molecule has 0 saturated carbocycles. The molecule has 0 saturated heterocycles. The number of aromatic hydroxyl groups is 1. The first-order chi connectivity index (χ1) is 19.8. The van der Waals surface area contributed by atoms with E-state index in [1.807, 2.05) is 48.5 Å². The number of Topliss-reactive ketones (excluding diaryl/α,β-unsaturated/α-hetero) is 2. The molecule has 7 heteroatoms. The Morgan fingerprint density at radius 1 is 0.829 bits per heavy atom. The van der Waals surface area contributed by atoms with Crippen molar-refractivity contribution in [3.05, 3.63) is 100 Å². The van der Waals surface area contributed by atoms with Gasteiger partial charge in [-0.2, -0.15) is 0 Å². The highest BCUT2D eigenvalue weighted by Gasteiger charge is 2.50. The molecule has 5 rings (SSSR count). The zero-order valence-corrected chi connectivity index (χ0v) is 23.4. The van der Waals surface area contributed by atoms with Crippen LogP contribution in [-0.2, 0) is 6.42 Å². The van der Waals surface area contributed by atoms with Crippen molar-refractivity contribution < 1.29 is 24.5 Å². The number of nitrogens with two attached hydrogens (primary N) is 1. The van der Waals surface area contributed by atoms with Crippen LogP contribution < -0.4 is 15.8 Å². The summed E-state index contributed by atoms with van der Waals surface area (Å²) in [4.78, 5) is 27.8. The normalized spacial score (nSPS) is 18.0. The van der Waals surface area contributed by atoms with Crippen LogP contribution in [0.2, 0.25) is 0 Å². The fraction of sp³-hybridized carbons (Fsp3) is 0.294. The van der Waals surface area contributed by atoms with Crippen LogP contribution in [0.15, 0.2) is 78.2 Å². The number of aliphatic hydroxyl groups excluding tert-OH is 1. The zero-order chi connectivity index (χ0) is 29.1. The third-order valence-electron chi connectivity index (χ3n) is 7.81. The molecule has 0 aliphatic heterocycles. The minimum absolute atomic E-state index is 0.0525. The van der Waals surface area contributed by atoms with Gasteiger partial charge in [0, 0.05) is 22.6 Å². The maximum absolute atomic E-state index is 13.9. The Morgan fingerprint density at radius 3 is 2.20 bits per heavy atom. The first-order valence-electron chi connectivity index (χ1n) is 14.3. The van der Waals surface area contributed by atoms with E-state index in [1.165, 1.54) is 17.7 Å². The van der Waals surface area contributed by atoms with E-state index in [0.717, 1.165) is 37.8 Å². The third-order valence-corrected chi connectivity index (χ3v) is 7.81. The summed E-state index contributed by atoms with van der Waals surface area (Å²) in [6.07, 6.45) is 6.88. The molecule has 212 valence electrons. The molecule has 0 bridgehead atoms. The molecule has 0 amide bonds. The van der Waals surface area contributed by atoms with E-state index in [-0.39, 0.29) is 28.3 Å². The lowest BCUT2D eigenvalue weighted by molar-refractivity contribution is 0.0750. The SMILES string of the molecule is CCCCOc1ccc(C2=C(O)[C@@H]3C(=O)c4c(N)ccc(O)c4C(=O)[C@H]3C(Nc3ccc(CCCC)cc3)=C2)cc1. The number of nitrogens with one attached hydrogen (secondary N) is 1. The Kier molecular flexibility index (Phi) is 8.15. The number of nitrogen functional groups attached to an aromatic ring is 1. The number of carbonyl (C=O) groups is 2. The highest BCUT2D eigenvalue weighted by molar-refractivity contribution is 6.22. The van der Waals surface area contributed by atoms with Gasteiger partial charge in [0.2, 0.25) is 0 Å². The molecule has 0 spiro atoms. The number of ketones is 2. The van der Waals surface area contributed by atoms with Gasteiger partial charge in [-0.25, -0.2) is 0 Å². The van der Waals surface area contributed by atoms with E-state index in [9.17, 15) is 19.8 Å². The smallest absolute Gasteiger partial charge is 0.177 e. The van der Waals surface area contributed by atoms with Gasteiger partial charge in [0.15, 0.2) is 11.6 Å². The molecule has 0 heterocycles. The predicted molar refractivity (Wildman–Crippen MR) is 161 cm³/mol. The van der Waals surface area contributed by atoms with Gasteiger partial charge in [-0.3, -0.25) is 9.59 Å². The second-order valence-corrected chi connectivity index (χ2v) is 10.7. The molecule has 0 radical (unpaired) electrons. The van der Waals surface area contributed by atoms with Crippen LogP contribution in [-0.4, -0.2) is 28.4 Å². The molecule has 0 fully saturated rings. The maximum atomic E-state index is 13.9. The van der Waals surface area contributed by atoms with Crippen molar-refractivity contribution >= 4 is 28.5 Å². The quantitative estimate of drug-likeness (QED) is 0.120. The molecule has 41 heavy (non-hydrogen) atoms. The number of fused-ring (bicyclic) bond motifs is 2. The van der Waals surface area contributed by atoms with E-state index in [1.54, 1.807) is 6.08 Å². The molecule has 5 N–H and O–H groups in total. The van der Waals surface area contributed by atoms with E-state index in [4.69, 9.17) is 10.5 Å². The van der Waals surface area contributed by atoms with Crippen LogP contribution in [0.1, 0.15) is 71.4 Å². The number of aliphatic hydroxyl groups is 1. The topological polar surface area (TPSA) is 122 Å². The minimum atomic E-state index is -1.19. The van der Waals surface area contributed by atoms with Gasteiger partial charge in [-0.05, 0) is 72.9 Å². The van der Waals surface area contributed by atoms with E-state index in [2.05, 4.69) is 19.2 Å². The minimum Gasteiger partial charge on any atom is -0.511 e. The summed E-state index contributed by atoms with van der Waals surface area (Å²) in [6, 6.07) is 18.0. The number of ether oxygens (including phenoxy) is 1. The largest absolute Gasteiger partial charge is 0.511 e. The van der Waals surface area contributed by atoms with Crippen molar-refractivity contribution in [3.63, 3.8) is 0 Å². The van der Waals surface area contributed by atoms with E-state index in [0.29, 0.717) is 29.2 Å². The molecule has 0 aromatic heterocycles. The predicted octanol–water partition coefficient (Wildman–Crippen LogP) is 7.09. The summed E-state index contributed by atoms with van der Waals surface area (Å²) >= 11 is 0. The van der Waals surface area contributed by atoms with Gasteiger partial charge in [0.05, 0.1) is 29.6 Å². The Labute approximate surface area is 240 Å².